The first kappa shape index (κ1) is 17.8. The molecule has 27 heavy (non-hydrogen) atoms. The zero-order valence-electron chi connectivity index (χ0n) is 15.8. The molecule has 5 nitrogen and oxygen atoms in total. The van der Waals surface area contributed by atoms with Crippen molar-refractivity contribution in [1.29, 1.82) is 0 Å². The van der Waals surface area contributed by atoms with Gasteiger partial charge in [0.2, 0.25) is 0 Å². The highest BCUT2D eigenvalue weighted by Gasteiger charge is 2.48. The van der Waals surface area contributed by atoms with Gasteiger partial charge >= 0.3 is 5.97 Å². The van der Waals surface area contributed by atoms with Crippen LogP contribution in [0.3, 0.4) is 0 Å². The number of carbonyl (C=O) groups excluding carboxylic acids is 1. The van der Waals surface area contributed by atoms with E-state index in [-0.39, 0.29) is 12.0 Å². The van der Waals surface area contributed by atoms with Gasteiger partial charge in [0.15, 0.2) is 10.8 Å². The van der Waals surface area contributed by atoms with Gasteiger partial charge in [-0.1, -0.05) is 6.07 Å². The van der Waals surface area contributed by atoms with Crippen molar-refractivity contribution in [1.82, 2.24) is 5.32 Å². The fourth-order valence-electron chi connectivity index (χ4n) is 4.09. The van der Waals surface area contributed by atoms with Crippen LogP contribution in [-0.4, -0.2) is 23.9 Å². The fraction of sp³-hybridized carbons (Fsp3) is 0.333. The second-order valence-electron chi connectivity index (χ2n) is 7.41. The second-order valence-corrected chi connectivity index (χ2v) is 7.80. The Morgan fingerprint density at radius 3 is 2.63 bits per heavy atom. The third kappa shape index (κ3) is 2.94. The Morgan fingerprint density at radius 2 is 1.96 bits per heavy atom. The van der Waals surface area contributed by atoms with Crippen molar-refractivity contribution < 1.29 is 14.3 Å². The number of nitrogens with one attached hydrogen (secondary N) is 1. The zero-order chi connectivity index (χ0) is 19.3. The molecule has 2 aliphatic rings. The maximum atomic E-state index is 11.9. The van der Waals surface area contributed by atoms with E-state index in [0.717, 1.165) is 17.0 Å². The van der Waals surface area contributed by atoms with Gasteiger partial charge in [-0.3, -0.25) is 4.90 Å². The molecule has 0 radical (unpaired) electrons. The van der Waals surface area contributed by atoms with Crippen LogP contribution in [0.15, 0.2) is 36.4 Å². The summed E-state index contributed by atoms with van der Waals surface area (Å²) >= 11 is 5.70. The lowest BCUT2D eigenvalue weighted by Crippen LogP contribution is -2.65. The van der Waals surface area contributed by atoms with Crippen LogP contribution >= 0.6 is 12.2 Å². The summed E-state index contributed by atoms with van der Waals surface area (Å²) in [4.78, 5) is 13.9. The van der Waals surface area contributed by atoms with E-state index < -0.39 is 5.72 Å². The summed E-state index contributed by atoms with van der Waals surface area (Å²) in [5.74, 6) is 0.396. The van der Waals surface area contributed by atoms with Gasteiger partial charge in [0.1, 0.15) is 5.75 Å². The van der Waals surface area contributed by atoms with Crippen LogP contribution in [0, 0.1) is 13.8 Å². The van der Waals surface area contributed by atoms with Crippen LogP contribution in [0.2, 0.25) is 0 Å². The van der Waals surface area contributed by atoms with E-state index in [4.69, 9.17) is 21.7 Å². The molecular formula is C21H22N2O3S. The number of ether oxygens (including phenoxy) is 2. The van der Waals surface area contributed by atoms with Crippen molar-refractivity contribution in [3.8, 4) is 5.75 Å². The van der Waals surface area contributed by atoms with Crippen LogP contribution in [0.4, 0.5) is 5.69 Å². The van der Waals surface area contributed by atoms with E-state index in [2.05, 4.69) is 49.2 Å². The lowest BCUT2D eigenvalue weighted by molar-refractivity contribution is 0.0494. The van der Waals surface area contributed by atoms with E-state index in [1.54, 1.807) is 6.07 Å². The molecule has 2 aromatic carbocycles. The maximum absolute atomic E-state index is 11.9. The first-order valence-corrected chi connectivity index (χ1v) is 9.32. The number of nitrogens with zero attached hydrogens (tertiary/aromatic N) is 1. The number of aryl methyl sites for hydroxylation is 2. The standard InChI is InChI=1S/C21H22N2O3S/c1-12-7-13(2)9-15(8-12)23-20(27)22-17-11-21(23,3)26-18-6-5-14(10-16(17)18)19(24)25-4/h5-10,17H,11H2,1-4H3,(H,22,27)/t17-,21-/m1/s1. The number of hydrogen-bond acceptors (Lipinski definition) is 4. The van der Waals surface area contributed by atoms with Gasteiger partial charge in [-0.25, -0.2) is 4.79 Å². The molecule has 0 spiro atoms. The minimum Gasteiger partial charge on any atom is -0.467 e. The van der Waals surface area contributed by atoms with Crippen LogP contribution in [0.25, 0.3) is 0 Å². The Morgan fingerprint density at radius 1 is 1.26 bits per heavy atom. The number of anilines is 1. The van der Waals surface area contributed by atoms with Gasteiger partial charge in [0.05, 0.1) is 18.7 Å². The van der Waals surface area contributed by atoms with E-state index in [0.29, 0.717) is 17.1 Å². The van der Waals surface area contributed by atoms with Gasteiger partial charge in [-0.05, 0) is 74.4 Å². The zero-order valence-corrected chi connectivity index (χ0v) is 16.6. The molecule has 6 heteroatoms. The summed E-state index contributed by atoms with van der Waals surface area (Å²) in [7, 11) is 1.38. The van der Waals surface area contributed by atoms with Crippen molar-refractivity contribution in [2.75, 3.05) is 12.0 Å². The summed E-state index contributed by atoms with van der Waals surface area (Å²) in [5, 5.41) is 4.04. The van der Waals surface area contributed by atoms with Crippen LogP contribution in [-0.2, 0) is 4.74 Å². The van der Waals surface area contributed by atoms with Gasteiger partial charge < -0.3 is 14.8 Å². The number of fused-ring (bicyclic) bond motifs is 4. The number of esters is 1. The van der Waals surface area contributed by atoms with Gasteiger partial charge in [-0.2, -0.15) is 0 Å². The maximum Gasteiger partial charge on any atom is 0.337 e. The highest BCUT2D eigenvalue weighted by Crippen LogP contribution is 2.46. The summed E-state index contributed by atoms with van der Waals surface area (Å²) < 4.78 is 11.3. The third-order valence-corrected chi connectivity index (χ3v) is 5.46. The molecule has 1 fully saturated rings. The van der Waals surface area contributed by atoms with E-state index in [1.165, 1.54) is 18.2 Å². The molecule has 4 rings (SSSR count). The number of carbonyl (C=O) groups is 1. The van der Waals surface area contributed by atoms with Crippen molar-refractivity contribution >= 4 is 29.0 Å². The van der Waals surface area contributed by atoms with Crippen molar-refractivity contribution in [2.24, 2.45) is 0 Å². The van der Waals surface area contributed by atoms with Crippen molar-refractivity contribution in [3.05, 3.63) is 58.7 Å². The fourth-order valence-corrected chi connectivity index (χ4v) is 4.53. The Balaban J connectivity index is 1.77. The number of hydrogen-bond donors (Lipinski definition) is 1. The molecule has 1 saturated heterocycles. The number of rotatable bonds is 2. The molecule has 2 atom stereocenters. The summed E-state index contributed by atoms with van der Waals surface area (Å²) in [6, 6.07) is 11.7. The van der Waals surface area contributed by atoms with E-state index in [1.807, 2.05) is 12.1 Å². The normalized spacial score (nSPS) is 23.2. The monoisotopic (exact) mass is 382 g/mol. The average molecular weight is 382 g/mol. The van der Waals surface area contributed by atoms with Crippen molar-refractivity contribution in [3.63, 3.8) is 0 Å². The van der Waals surface area contributed by atoms with Crippen LogP contribution in [0.5, 0.6) is 5.75 Å². The highest BCUT2D eigenvalue weighted by molar-refractivity contribution is 7.80. The van der Waals surface area contributed by atoms with E-state index >= 15 is 0 Å². The number of thiocarbonyl (C=S) groups is 1. The summed E-state index contributed by atoms with van der Waals surface area (Å²) in [6.45, 7) is 6.21. The van der Waals surface area contributed by atoms with E-state index in [9.17, 15) is 4.79 Å². The topological polar surface area (TPSA) is 50.8 Å². The predicted octanol–water partition coefficient (Wildman–Crippen LogP) is 4.02. The van der Waals surface area contributed by atoms with Gasteiger partial charge in [-0.15, -0.1) is 0 Å². The molecule has 0 unspecified atom stereocenters. The molecule has 0 aromatic heterocycles. The smallest absolute Gasteiger partial charge is 0.337 e. The molecule has 1 N–H and O–H groups in total. The molecule has 2 aliphatic heterocycles. The highest BCUT2D eigenvalue weighted by atomic mass is 32.1. The predicted molar refractivity (Wildman–Crippen MR) is 108 cm³/mol. The van der Waals surface area contributed by atoms with Gasteiger partial charge in [0, 0.05) is 17.7 Å². The first-order valence-electron chi connectivity index (χ1n) is 8.91. The Hall–Kier alpha value is -2.60. The Labute approximate surface area is 164 Å². The molecule has 0 amide bonds. The minimum atomic E-state index is -0.604. The molecule has 2 heterocycles. The molecule has 2 aromatic rings. The summed E-state index contributed by atoms with van der Waals surface area (Å²) in [5.41, 5.74) is 4.20. The Kier molecular flexibility index (Phi) is 4.11. The lowest BCUT2D eigenvalue weighted by atomic mass is 9.89. The summed E-state index contributed by atoms with van der Waals surface area (Å²) in [6.07, 6.45) is 0.706. The van der Waals surface area contributed by atoms with Gasteiger partial charge in [0.25, 0.3) is 0 Å². The lowest BCUT2D eigenvalue weighted by Gasteiger charge is -2.52. The SMILES string of the molecule is COC(=O)c1ccc2c(c1)[C@H]1C[C@@](C)(O2)N(c2cc(C)cc(C)c2)C(=S)N1. The largest absolute Gasteiger partial charge is 0.467 e. The van der Waals surface area contributed by atoms with Crippen LogP contribution in [0.1, 0.15) is 46.4 Å². The molecule has 0 aliphatic carbocycles. The quantitative estimate of drug-likeness (QED) is 0.625. The van der Waals surface area contributed by atoms with Crippen molar-refractivity contribution in [2.45, 2.75) is 39.0 Å². The van der Waals surface area contributed by atoms with Crippen LogP contribution < -0.4 is 15.0 Å². The average Bonchev–Trinajstić information content (AvgIpc) is 2.59. The first-order chi connectivity index (χ1) is 12.8. The second kappa shape index (κ2) is 6.23. The third-order valence-electron chi connectivity index (χ3n) is 5.16. The molecule has 0 saturated carbocycles. The Bertz CT molecular complexity index is 938. The number of methoxy groups -OCH3 is 1. The molecular weight excluding hydrogens is 360 g/mol. The number of benzene rings is 2. The minimum absolute atomic E-state index is 0.0157. The molecule has 2 bridgehead atoms. The molecule has 140 valence electrons.